The van der Waals surface area contributed by atoms with E-state index in [1.807, 2.05) is 48.5 Å². The molecule has 64 heavy (non-hydrogen) atoms. The molecule has 3 saturated heterocycles. The lowest BCUT2D eigenvalue weighted by molar-refractivity contribution is -0.863. The molecule has 5 N–H and O–H groups in total. The summed E-state index contributed by atoms with van der Waals surface area (Å²) in [5, 5.41) is 21.3. The number of hydrogen-bond acceptors (Lipinski definition) is 12. The Morgan fingerprint density at radius 1 is 0.672 bits per heavy atom. The number of ether oxygens (including phenoxy) is 4. The Morgan fingerprint density at radius 3 is 1.67 bits per heavy atom. The maximum Gasteiger partial charge on any atom is 0.407 e. The topological polar surface area (TPSA) is 208 Å². The fourth-order valence-electron chi connectivity index (χ4n) is 8.83. The number of alkyl carbamates (subject to hydrolysis) is 2. The number of methoxy groups -OCH3 is 4. The van der Waals surface area contributed by atoms with Crippen LogP contribution in [-0.2, 0) is 33.3 Å². The Bertz CT molecular complexity index is 2080. The van der Waals surface area contributed by atoms with Crippen molar-refractivity contribution < 1.29 is 52.5 Å². The zero-order valence-corrected chi connectivity index (χ0v) is 37.0. The van der Waals surface area contributed by atoms with E-state index in [0.717, 1.165) is 29.7 Å². The Labute approximate surface area is 372 Å². The van der Waals surface area contributed by atoms with E-state index >= 15 is 0 Å². The second-order valence-corrected chi connectivity index (χ2v) is 16.2. The van der Waals surface area contributed by atoms with Crippen LogP contribution in [0.5, 0.6) is 0 Å². The van der Waals surface area contributed by atoms with Gasteiger partial charge in [0.1, 0.15) is 23.9 Å². The van der Waals surface area contributed by atoms with E-state index in [9.17, 15) is 33.6 Å². The van der Waals surface area contributed by atoms with Gasteiger partial charge in [-0.05, 0) is 106 Å². The van der Waals surface area contributed by atoms with Crippen LogP contribution < -0.4 is 31.4 Å². The van der Waals surface area contributed by atoms with Gasteiger partial charge < -0.3 is 49.9 Å². The lowest BCUT2D eigenvalue weighted by Gasteiger charge is -2.36. The molecular weight excluding hydrogens is 832 g/mol. The average molecular weight is 891 g/mol. The summed E-state index contributed by atoms with van der Waals surface area (Å²) in [4.78, 5) is 70.0. The molecule has 6 rings (SSSR count). The molecule has 0 aliphatic carbocycles. The smallest absolute Gasteiger partial charge is 0.407 e. The molecule has 2 unspecified atom stereocenters. The number of halogens is 1. The second kappa shape index (κ2) is 21.6. The van der Waals surface area contributed by atoms with Crippen LogP contribution in [0.1, 0.15) is 75.6 Å². The van der Waals surface area contributed by atoms with E-state index in [4.69, 9.17) is 18.9 Å². The molecule has 0 saturated carbocycles. The molecule has 3 aliphatic rings. The van der Waals surface area contributed by atoms with Gasteiger partial charge in [-0.2, -0.15) is 0 Å². The molecular formula is C45H59FN8O10. The summed E-state index contributed by atoms with van der Waals surface area (Å²) in [6.07, 6.45) is 0.0387. The molecule has 9 atom stereocenters. The number of hydroxylamine groups is 1. The van der Waals surface area contributed by atoms with Gasteiger partial charge in [0, 0.05) is 45.1 Å². The van der Waals surface area contributed by atoms with Crippen molar-refractivity contribution in [3.8, 4) is 0 Å². The number of rotatable bonds is 16. The zero-order valence-electron chi connectivity index (χ0n) is 37.0. The number of likely N-dealkylation sites (tertiary alicyclic amines) is 2. The number of hydrogen-bond donors (Lipinski definition) is 5. The summed E-state index contributed by atoms with van der Waals surface area (Å²) in [5.74, 6) is -1.58. The number of carbonyl (C=O) groups excluding carboxylic acids is 5. The number of amides is 5. The minimum absolute atomic E-state index is 0.103. The van der Waals surface area contributed by atoms with Crippen LogP contribution >= 0.6 is 0 Å². The Hall–Kier alpha value is -6.02. The number of carbonyl (C=O) groups is 5. The average Bonchev–Trinajstić information content (AvgIpc) is 4.11. The summed E-state index contributed by atoms with van der Waals surface area (Å²) < 4.78 is 34.3. The van der Waals surface area contributed by atoms with Gasteiger partial charge in [0.15, 0.2) is 6.17 Å². The molecule has 3 heterocycles. The predicted octanol–water partition coefficient (Wildman–Crippen LogP) is 4.02. The summed E-state index contributed by atoms with van der Waals surface area (Å²) in [7, 11) is 5.27. The summed E-state index contributed by atoms with van der Waals surface area (Å²) in [6.45, 7) is 4.00. The first kappa shape index (κ1) is 47.5. The number of nitrogens with one attached hydrogen (secondary N) is 5. The monoisotopic (exact) mass is 890 g/mol. The van der Waals surface area contributed by atoms with Crippen LogP contribution in [0, 0.1) is 11.0 Å². The van der Waals surface area contributed by atoms with E-state index in [0.29, 0.717) is 50.1 Å². The van der Waals surface area contributed by atoms with Gasteiger partial charge >= 0.3 is 12.2 Å². The number of quaternary nitrogens is 1. The first-order chi connectivity index (χ1) is 30.8. The maximum atomic E-state index is 14.2. The quantitative estimate of drug-likeness (QED) is 0.129. The minimum Gasteiger partial charge on any atom is -0.606 e. The molecule has 0 bridgehead atoms. The van der Waals surface area contributed by atoms with E-state index in [1.54, 1.807) is 26.0 Å². The predicted molar refractivity (Wildman–Crippen MR) is 234 cm³/mol. The fourth-order valence-corrected chi connectivity index (χ4v) is 8.83. The van der Waals surface area contributed by atoms with Gasteiger partial charge in [0.05, 0.1) is 44.2 Å². The normalized spacial score (nSPS) is 21.9. The molecule has 3 aliphatic heterocycles. The summed E-state index contributed by atoms with van der Waals surface area (Å²) >= 11 is 0. The highest BCUT2D eigenvalue weighted by atomic mass is 19.1. The Morgan fingerprint density at radius 2 is 1.16 bits per heavy atom. The van der Waals surface area contributed by atoms with Gasteiger partial charge in [-0.25, -0.2) is 19.4 Å². The number of nitrogens with zero attached hydrogens (tertiary/aromatic N) is 3. The lowest BCUT2D eigenvalue weighted by Crippen LogP contribution is -3.16. The van der Waals surface area contributed by atoms with E-state index in [1.165, 1.54) is 50.4 Å². The highest BCUT2D eigenvalue weighted by molar-refractivity contribution is 5.98. The summed E-state index contributed by atoms with van der Waals surface area (Å²) in [6, 6.07) is 18.4. The first-order valence-corrected chi connectivity index (χ1v) is 21.5. The third-order valence-electron chi connectivity index (χ3n) is 12.4. The van der Waals surface area contributed by atoms with E-state index < -0.39 is 60.5 Å². The van der Waals surface area contributed by atoms with Crippen molar-refractivity contribution in [3.63, 3.8) is 0 Å². The Kier molecular flexibility index (Phi) is 16.0. The van der Waals surface area contributed by atoms with Crippen molar-refractivity contribution in [3.05, 3.63) is 94.9 Å². The van der Waals surface area contributed by atoms with Crippen molar-refractivity contribution in [1.82, 2.24) is 20.4 Å². The van der Waals surface area contributed by atoms with Crippen LogP contribution in [0.4, 0.5) is 31.0 Å². The highest BCUT2D eigenvalue weighted by Crippen LogP contribution is 2.47. The van der Waals surface area contributed by atoms with Crippen LogP contribution in [0.15, 0.2) is 72.8 Å². The molecule has 5 amide bonds. The molecule has 19 heteroatoms. The Balaban J connectivity index is 1.13. The number of benzene rings is 3. The van der Waals surface area contributed by atoms with Crippen molar-refractivity contribution in [2.75, 3.05) is 57.2 Å². The molecule has 18 nitrogen and oxygen atoms in total. The summed E-state index contributed by atoms with van der Waals surface area (Å²) in [5.41, 5.74) is 6.86. The SMILES string of the molecule is COC(=O)NC(C(=O)N1CCC[C@H]1C(=O)Nc1ccc([C@H]2CC[C@H](c3ccc(N[NH+]([O-])[C@@H]4CCCN4C(=O)[C@@H](NC(=O)OC)[C@@H](C)OC)cc3)N2c2ccc(F)cc2)cc1)[C@@H](C)OC. The molecule has 0 radical (unpaired) electrons. The van der Waals surface area contributed by atoms with E-state index in [2.05, 4.69) is 26.3 Å². The maximum absolute atomic E-state index is 14.2. The number of anilines is 3. The van der Waals surface area contributed by atoms with Gasteiger partial charge in [-0.1, -0.05) is 24.3 Å². The molecule has 3 fully saturated rings. The van der Waals surface area contributed by atoms with Gasteiger partial charge in [0.25, 0.3) is 5.91 Å². The van der Waals surface area contributed by atoms with Crippen molar-refractivity contribution in [2.45, 2.75) is 101 Å². The molecule has 346 valence electrons. The third kappa shape index (κ3) is 10.8. The van der Waals surface area contributed by atoms with Gasteiger partial charge in [-0.3, -0.25) is 24.5 Å². The lowest BCUT2D eigenvalue weighted by atomic mass is 10.0. The van der Waals surface area contributed by atoms with Crippen LogP contribution in [-0.4, -0.2) is 118 Å². The second-order valence-electron chi connectivity index (χ2n) is 16.2. The van der Waals surface area contributed by atoms with Crippen molar-refractivity contribution in [2.24, 2.45) is 0 Å². The van der Waals surface area contributed by atoms with Gasteiger partial charge in [0.2, 0.25) is 11.8 Å². The zero-order chi connectivity index (χ0) is 46.1. The molecule has 0 spiro atoms. The highest BCUT2D eigenvalue weighted by Gasteiger charge is 2.42. The van der Waals surface area contributed by atoms with Crippen LogP contribution in [0.25, 0.3) is 0 Å². The van der Waals surface area contributed by atoms with Crippen molar-refractivity contribution >= 4 is 47.0 Å². The van der Waals surface area contributed by atoms with Crippen LogP contribution in [0.3, 0.4) is 0 Å². The fraction of sp³-hybridized carbons (Fsp3) is 0.489. The van der Waals surface area contributed by atoms with Gasteiger partial charge in [-0.15, -0.1) is 0 Å². The standard InChI is InChI=1S/C45H59FN8O10/c1-27(61-3)39(48-44(58)63-5)42(56)51-25-7-9-37(51)41(55)47-32-17-11-29(12-18-32)35-23-24-36(53(35)34-21-15-31(46)16-22-34)30-13-19-33(20-14-30)50-54(60)38-10-8-26-52(38)43(57)40(28(2)62-4)49-45(59)64-6/h11-22,27-28,35-40,50,54H,7-10,23-26H2,1-6H3,(H,47,55)(H,48,58)(H,49,59)/t27-,28-,35-,36-,37+,38-,39?,40+/m1/s1. The third-order valence-corrected chi connectivity index (χ3v) is 12.4. The molecule has 3 aromatic carbocycles. The molecule has 0 aromatic heterocycles. The largest absolute Gasteiger partial charge is 0.606 e. The van der Waals surface area contributed by atoms with Crippen LogP contribution in [0.2, 0.25) is 0 Å². The molecule has 3 aromatic rings. The van der Waals surface area contributed by atoms with Crippen molar-refractivity contribution in [1.29, 1.82) is 0 Å². The minimum atomic E-state index is -1.04. The van der Waals surface area contributed by atoms with E-state index in [-0.39, 0.29) is 29.0 Å². The first-order valence-electron chi connectivity index (χ1n) is 21.5.